The zero-order chi connectivity index (χ0) is 23.8. The molecule has 4 aromatic rings. The summed E-state index contributed by atoms with van der Waals surface area (Å²) in [6.07, 6.45) is 1.78. The van der Waals surface area contributed by atoms with Gasteiger partial charge in [-0.1, -0.05) is 0 Å². The molecule has 0 radical (unpaired) electrons. The van der Waals surface area contributed by atoms with Crippen molar-refractivity contribution in [2.24, 2.45) is 0 Å². The Morgan fingerprint density at radius 2 is 2.15 bits per heavy atom. The average molecular weight is 479 g/mol. The number of aliphatic hydroxyl groups excluding tert-OH is 1. The molecule has 1 fully saturated rings. The number of thiazole rings is 1. The van der Waals surface area contributed by atoms with Crippen molar-refractivity contribution in [3.63, 3.8) is 0 Å². The fraction of sp³-hybridized carbons (Fsp3) is 0.333. The maximum Gasteiger partial charge on any atom is 0.276 e. The van der Waals surface area contributed by atoms with Gasteiger partial charge >= 0.3 is 0 Å². The van der Waals surface area contributed by atoms with Gasteiger partial charge < -0.3 is 25.1 Å². The fourth-order valence-corrected chi connectivity index (χ4v) is 4.71. The maximum absolute atomic E-state index is 12.9. The highest BCUT2D eigenvalue weighted by Crippen LogP contribution is 2.32. The summed E-state index contributed by atoms with van der Waals surface area (Å²) in [5.74, 6) is 1.21. The van der Waals surface area contributed by atoms with Crippen molar-refractivity contribution < 1.29 is 14.3 Å². The normalized spacial score (nSPS) is 15.9. The number of hydrogen-bond donors (Lipinski definition) is 3. The first-order chi connectivity index (χ1) is 16.4. The van der Waals surface area contributed by atoms with Gasteiger partial charge in [0.25, 0.3) is 5.91 Å². The molecule has 1 aromatic carbocycles. The number of nitrogens with zero attached hydrogens (tertiary/aromatic N) is 4. The number of rotatable bonds is 6. The van der Waals surface area contributed by atoms with Gasteiger partial charge in [-0.25, -0.2) is 15.0 Å². The van der Waals surface area contributed by atoms with E-state index in [1.54, 1.807) is 29.4 Å². The van der Waals surface area contributed by atoms with Crippen LogP contribution in [0.5, 0.6) is 0 Å². The van der Waals surface area contributed by atoms with Crippen LogP contribution in [0.3, 0.4) is 0 Å². The predicted molar refractivity (Wildman–Crippen MR) is 133 cm³/mol. The number of anilines is 3. The van der Waals surface area contributed by atoms with E-state index in [0.29, 0.717) is 42.5 Å². The minimum Gasteiger partial charge on any atom is -0.440 e. The molecular formula is C24H26N6O3S. The number of β-amino-alcohol motifs (C(OH)–C–C–N with tert-alkyl or cyclic N) is 1. The van der Waals surface area contributed by atoms with Gasteiger partial charge in [0.05, 0.1) is 33.1 Å². The van der Waals surface area contributed by atoms with Gasteiger partial charge in [0, 0.05) is 37.1 Å². The van der Waals surface area contributed by atoms with E-state index in [1.807, 2.05) is 43.6 Å². The summed E-state index contributed by atoms with van der Waals surface area (Å²) in [5.41, 5.74) is 5.44. The Morgan fingerprint density at radius 3 is 2.91 bits per heavy atom. The highest BCUT2D eigenvalue weighted by atomic mass is 32.1. The lowest BCUT2D eigenvalue weighted by molar-refractivity contribution is 0.0758. The van der Waals surface area contributed by atoms with Crippen molar-refractivity contribution in [3.05, 3.63) is 47.4 Å². The Kier molecular flexibility index (Phi) is 5.93. The minimum absolute atomic E-state index is 0.158. The number of carbonyl (C=O) groups is 1. The lowest BCUT2D eigenvalue weighted by atomic mass is 10.2. The van der Waals surface area contributed by atoms with Crippen LogP contribution in [0.2, 0.25) is 0 Å². The summed E-state index contributed by atoms with van der Waals surface area (Å²) in [6, 6.07) is 8.05. The first kappa shape index (κ1) is 22.3. The summed E-state index contributed by atoms with van der Waals surface area (Å²) >= 11 is 1.59. The Hall–Kier alpha value is -3.50. The highest BCUT2D eigenvalue weighted by Gasteiger charge is 2.29. The van der Waals surface area contributed by atoms with Gasteiger partial charge in [0.2, 0.25) is 5.89 Å². The largest absolute Gasteiger partial charge is 0.440 e. The molecule has 1 amide bonds. The molecule has 4 heterocycles. The van der Waals surface area contributed by atoms with Crippen LogP contribution in [0, 0.1) is 6.92 Å². The molecule has 1 aliphatic rings. The molecule has 0 saturated carbocycles. The van der Waals surface area contributed by atoms with Gasteiger partial charge in [0.15, 0.2) is 5.69 Å². The number of aryl methyl sites for hydroxylation is 1. The van der Waals surface area contributed by atoms with Crippen LogP contribution in [0.4, 0.5) is 17.2 Å². The van der Waals surface area contributed by atoms with Crippen LogP contribution in [-0.2, 0) is 0 Å². The number of pyridine rings is 1. The highest BCUT2D eigenvalue weighted by molar-refractivity contribution is 7.16. The van der Waals surface area contributed by atoms with Crippen molar-refractivity contribution in [2.75, 3.05) is 23.7 Å². The minimum atomic E-state index is -0.487. The van der Waals surface area contributed by atoms with Gasteiger partial charge in [0.1, 0.15) is 11.6 Å². The molecule has 9 nitrogen and oxygen atoms in total. The van der Waals surface area contributed by atoms with E-state index in [1.165, 1.54) is 0 Å². The van der Waals surface area contributed by atoms with E-state index >= 15 is 0 Å². The molecule has 10 heteroatoms. The SMILES string of the molecule is Cc1oc(-c2cnc(Nc3ccc4ncsc4c3)cc2NC(C)C)nc1C(=O)N1CC[C@@H](O)C1. The Morgan fingerprint density at radius 1 is 1.29 bits per heavy atom. The lowest BCUT2D eigenvalue weighted by Crippen LogP contribution is -2.30. The van der Waals surface area contributed by atoms with E-state index in [0.717, 1.165) is 21.6 Å². The van der Waals surface area contributed by atoms with Crippen molar-refractivity contribution in [2.45, 2.75) is 39.3 Å². The van der Waals surface area contributed by atoms with Crippen molar-refractivity contribution >= 4 is 44.7 Å². The lowest BCUT2D eigenvalue weighted by Gasteiger charge is -2.15. The first-order valence-electron chi connectivity index (χ1n) is 11.2. The number of aliphatic hydroxyl groups is 1. The van der Waals surface area contributed by atoms with Crippen molar-refractivity contribution in [3.8, 4) is 11.5 Å². The maximum atomic E-state index is 12.9. The Balaban J connectivity index is 1.44. The third-order valence-corrected chi connectivity index (χ3v) is 6.42. The number of nitrogens with one attached hydrogen (secondary N) is 2. The molecule has 0 unspecified atom stereocenters. The van der Waals surface area contributed by atoms with E-state index in [-0.39, 0.29) is 17.6 Å². The molecule has 0 spiro atoms. The van der Waals surface area contributed by atoms with E-state index in [9.17, 15) is 9.90 Å². The Bertz CT molecular complexity index is 1350. The molecule has 3 N–H and O–H groups in total. The quantitative estimate of drug-likeness (QED) is 0.373. The smallest absolute Gasteiger partial charge is 0.276 e. The number of amides is 1. The summed E-state index contributed by atoms with van der Waals surface area (Å²) in [5, 5.41) is 16.6. The third-order valence-electron chi connectivity index (χ3n) is 5.63. The monoisotopic (exact) mass is 478 g/mol. The molecule has 1 saturated heterocycles. The zero-order valence-electron chi connectivity index (χ0n) is 19.2. The average Bonchev–Trinajstić information content (AvgIpc) is 3.52. The van der Waals surface area contributed by atoms with Crippen LogP contribution < -0.4 is 10.6 Å². The van der Waals surface area contributed by atoms with Gasteiger partial charge in [-0.2, -0.15) is 0 Å². The Labute approximate surface area is 200 Å². The third kappa shape index (κ3) is 4.46. The van der Waals surface area contributed by atoms with E-state index < -0.39 is 6.10 Å². The zero-order valence-corrected chi connectivity index (χ0v) is 20.0. The summed E-state index contributed by atoms with van der Waals surface area (Å²) < 4.78 is 7.00. The second kappa shape index (κ2) is 9.03. The van der Waals surface area contributed by atoms with Gasteiger partial charge in [-0.05, 0) is 45.4 Å². The van der Waals surface area contributed by atoms with Crippen LogP contribution in [0.15, 0.2) is 40.4 Å². The second-order valence-corrected chi connectivity index (χ2v) is 9.58. The molecule has 5 rings (SSSR count). The fourth-order valence-electron chi connectivity index (χ4n) is 3.99. The summed E-state index contributed by atoms with van der Waals surface area (Å²) in [6.45, 7) is 6.64. The first-order valence-corrected chi connectivity index (χ1v) is 12.1. The molecule has 3 aromatic heterocycles. The molecule has 34 heavy (non-hydrogen) atoms. The van der Waals surface area contributed by atoms with E-state index in [4.69, 9.17) is 4.42 Å². The van der Waals surface area contributed by atoms with Gasteiger partial charge in [-0.15, -0.1) is 11.3 Å². The molecule has 0 bridgehead atoms. The molecule has 0 aliphatic carbocycles. The number of carbonyl (C=O) groups excluding carboxylic acids is 1. The molecule has 176 valence electrons. The predicted octanol–water partition coefficient (Wildman–Crippen LogP) is 4.43. The van der Waals surface area contributed by atoms with Crippen LogP contribution in [0.1, 0.15) is 36.5 Å². The van der Waals surface area contributed by atoms with Crippen molar-refractivity contribution in [1.29, 1.82) is 0 Å². The molecular weight excluding hydrogens is 452 g/mol. The van der Waals surface area contributed by atoms with Crippen LogP contribution >= 0.6 is 11.3 Å². The molecule has 1 atom stereocenters. The van der Waals surface area contributed by atoms with Crippen LogP contribution in [0.25, 0.3) is 21.7 Å². The standard InChI is InChI=1S/C24H26N6O3S/c1-13(2)27-19-9-21(28-15-4-5-18-20(8-15)34-12-26-18)25-10-17(19)23-29-22(14(3)33-23)24(32)30-7-6-16(31)11-30/h4-5,8-10,12-13,16,31H,6-7,11H2,1-3H3,(H2,25,27,28)/t16-/m1/s1. The number of benzene rings is 1. The summed E-state index contributed by atoms with van der Waals surface area (Å²) in [7, 11) is 0. The molecule has 1 aliphatic heterocycles. The number of fused-ring (bicyclic) bond motifs is 1. The summed E-state index contributed by atoms with van der Waals surface area (Å²) in [4.78, 5) is 27.9. The van der Waals surface area contributed by atoms with Crippen LogP contribution in [-0.4, -0.2) is 56.1 Å². The number of oxazole rings is 1. The second-order valence-electron chi connectivity index (χ2n) is 8.69. The number of likely N-dealkylation sites (tertiary alicyclic amines) is 1. The van der Waals surface area contributed by atoms with Crippen molar-refractivity contribution in [1.82, 2.24) is 19.9 Å². The topological polar surface area (TPSA) is 116 Å². The van der Waals surface area contributed by atoms with E-state index in [2.05, 4.69) is 25.6 Å². The number of aromatic nitrogens is 3. The van der Waals surface area contributed by atoms with Gasteiger partial charge in [-0.3, -0.25) is 4.79 Å². The number of hydrogen-bond acceptors (Lipinski definition) is 9.